The van der Waals surface area contributed by atoms with Gasteiger partial charge in [0.2, 0.25) is 0 Å². The predicted molar refractivity (Wildman–Crippen MR) is 120 cm³/mol. The highest BCUT2D eigenvalue weighted by molar-refractivity contribution is 6.05. The molecule has 0 aliphatic rings. The van der Waals surface area contributed by atoms with E-state index < -0.39 is 0 Å². The normalized spacial score (nSPS) is 11.7. The average molecular weight is 362 g/mol. The standard InChI is InChI=1S/C26H22N2/c27-23-15-7-13-21(17-23)25(19-9-3-1-4-10-19)26(20-11-5-2-6-12-20)22-14-8-16-24(28)18-22/h1-18H,27-28H2/b26-25-. The van der Waals surface area contributed by atoms with Crippen molar-refractivity contribution < 1.29 is 0 Å². The number of anilines is 2. The molecule has 4 rings (SSSR count). The minimum Gasteiger partial charge on any atom is -0.399 e. The van der Waals surface area contributed by atoms with Gasteiger partial charge in [-0.3, -0.25) is 0 Å². The van der Waals surface area contributed by atoms with Crippen molar-refractivity contribution in [2.45, 2.75) is 0 Å². The largest absolute Gasteiger partial charge is 0.399 e. The predicted octanol–water partition coefficient (Wildman–Crippen LogP) is 5.86. The fraction of sp³-hybridized carbons (Fsp3) is 0. The van der Waals surface area contributed by atoms with Gasteiger partial charge >= 0.3 is 0 Å². The van der Waals surface area contributed by atoms with Crippen LogP contribution in [0.5, 0.6) is 0 Å². The van der Waals surface area contributed by atoms with Crippen molar-refractivity contribution in [1.82, 2.24) is 0 Å². The molecule has 0 aliphatic heterocycles. The number of nitrogen functional groups attached to an aromatic ring is 2. The lowest BCUT2D eigenvalue weighted by molar-refractivity contribution is 1.50. The van der Waals surface area contributed by atoms with Crippen LogP contribution in [0.15, 0.2) is 109 Å². The van der Waals surface area contributed by atoms with Gasteiger partial charge in [0.15, 0.2) is 0 Å². The molecule has 4 N–H and O–H groups in total. The van der Waals surface area contributed by atoms with Gasteiger partial charge in [0, 0.05) is 11.4 Å². The molecule has 4 aromatic carbocycles. The number of benzene rings is 4. The van der Waals surface area contributed by atoms with Crippen LogP contribution in [0.1, 0.15) is 22.3 Å². The molecule has 28 heavy (non-hydrogen) atoms. The molecule has 0 saturated carbocycles. The van der Waals surface area contributed by atoms with E-state index in [1.807, 2.05) is 48.5 Å². The van der Waals surface area contributed by atoms with Crippen molar-refractivity contribution in [2.75, 3.05) is 11.5 Å². The maximum atomic E-state index is 6.13. The van der Waals surface area contributed by atoms with Crippen LogP contribution in [0.3, 0.4) is 0 Å². The monoisotopic (exact) mass is 362 g/mol. The minimum absolute atomic E-state index is 0.742. The van der Waals surface area contributed by atoms with Crippen LogP contribution in [-0.2, 0) is 0 Å². The fourth-order valence-corrected chi connectivity index (χ4v) is 3.51. The second-order valence-corrected chi connectivity index (χ2v) is 6.73. The maximum absolute atomic E-state index is 6.13. The molecule has 0 bridgehead atoms. The lowest BCUT2D eigenvalue weighted by Gasteiger charge is -2.18. The Morgan fingerprint density at radius 3 is 1.11 bits per heavy atom. The minimum atomic E-state index is 0.742. The Labute approximate surface area is 165 Å². The highest BCUT2D eigenvalue weighted by atomic mass is 14.5. The molecular formula is C26H22N2. The number of nitrogens with two attached hydrogens (primary N) is 2. The van der Waals surface area contributed by atoms with Gasteiger partial charge < -0.3 is 11.5 Å². The Balaban J connectivity index is 2.11. The average Bonchev–Trinajstić information content (AvgIpc) is 2.73. The smallest absolute Gasteiger partial charge is 0.0320 e. The third kappa shape index (κ3) is 3.67. The molecule has 0 saturated heterocycles. The Hall–Kier alpha value is -3.78. The van der Waals surface area contributed by atoms with E-state index in [0.29, 0.717) is 0 Å². The molecule has 0 spiro atoms. The summed E-state index contributed by atoms with van der Waals surface area (Å²) >= 11 is 0. The van der Waals surface area contributed by atoms with Crippen LogP contribution in [0.2, 0.25) is 0 Å². The van der Waals surface area contributed by atoms with Crippen LogP contribution in [-0.4, -0.2) is 0 Å². The van der Waals surface area contributed by atoms with Crippen LogP contribution in [0.4, 0.5) is 11.4 Å². The third-order valence-electron chi connectivity index (χ3n) is 4.73. The number of hydrogen-bond acceptors (Lipinski definition) is 2. The first-order valence-electron chi connectivity index (χ1n) is 9.29. The van der Waals surface area contributed by atoms with Gasteiger partial charge in [-0.25, -0.2) is 0 Å². The highest BCUT2D eigenvalue weighted by Crippen LogP contribution is 2.37. The molecule has 4 aromatic rings. The van der Waals surface area contributed by atoms with Gasteiger partial charge in [0.05, 0.1) is 0 Å². The zero-order chi connectivity index (χ0) is 19.3. The van der Waals surface area contributed by atoms with E-state index in [1.165, 1.54) is 0 Å². The number of rotatable bonds is 4. The lowest BCUT2D eigenvalue weighted by atomic mass is 9.85. The molecule has 136 valence electrons. The first kappa shape index (κ1) is 17.6. The zero-order valence-corrected chi connectivity index (χ0v) is 15.5. The molecular weight excluding hydrogens is 340 g/mol. The lowest BCUT2D eigenvalue weighted by Crippen LogP contribution is -1.99. The Morgan fingerprint density at radius 1 is 0.393 bits per heavy atom. The molecule has 0 aromatic heterocycles. The van der Waals surface area contributed by atoms with Gasteiger partial charge in [-0.1, -0.05) is 84.9 Å². The van der Waals surface area contributed by atoms with E-state index in [0.717, 1.165) is 44.8 Å². The summed E-state index contributed by atoms with van der Waals surface area (Å²) in [7, 11) is 0. The van der Waals surface area contributed by atoms with Crippen LogP contribution >= 0.6 is 0 Å². The van der Waals surface area contributed by atoms with Crippen LogP contribution in [0.25, 0.3) is 11.1 Å². The van der Waals surface area contributed by atoms with Crippen molar-refractivity contribution in [1.29, 1.82) is 0 Å². The fourth-order valence-electron chi connectivity index (χ4n) is 3.51. The van der Waals surface area contributed by atoms with Gasteiger partial charge in [-0.2, -0.15) is 0 Å². The summed E-state index contributed by atoms with van der Waals surface area (Å²) in [4.78, 5) is 0. The van der Waals surface area contributed by atoms with Crippen molar-refractivity contribution in [3.05, 3.63) is 131 Å². The van der Waals surface area contributed by atoms with Crippen molar-refractivity contribution in [3.63, 3.8) is 0 Å². The van der Waals surface area contributed by atoms with Gasteiger partial charge in [-0.15, -0.1) is 0 Å². The number of hydrogen-bond donors (Lipinski definition) is 2. The molecule has 0 aliphatic carbocycles. The first-order chi connectivity index (χ1) is 13.7. The summed E-state index contributed by atoms with van der Waals surface area (Å²) in [5.74, 6) is 0. The molecule has 0 unspecified atom stereocenters. The quantitative estimate of drug-likeness (QED) is 0.353. The van der Waals surface area contributed by atoms with Crippen LogP contribution < -0.4 is 11.5 Å². The Morgan fingerprint density at radius 2 is 0.750 bits per heavy atom. The van der Waals surface area contributed by atoms with Crippen molar-refractivity contribution >= 4 is 22.5 Å². The second-order valence-electron chi connectivity index (χ2n) is 6.73. The molecule has 0 atom stereocenters. The first-order valence-corrected chi connectivity index (χ1v) is 9.29. The topological polar surface area (TPSA) is 52.0 Å². The van der Waals surface area contributed by atoms with E-state index >= 15 is 0 Å². The summed E-state index contributed by atoms with van der Waals surface area (Å²) in [5.41, 5.74) is 20.4. The molecule has 0 heterocycles. The highest BCUT2D eigenvalue weighted by Gasteiger charge is 2.16. The van der Waals surface area contributed by atoms with E-state index in [4.69, 9.17) is 11.5 Å². The zero-order valence-electron chi connectivity index (χ0n) is 15.5. The van der Waals surface area contributed by atoms with Gasteiger partial charge in [-0.05, 0) is 57.7 Å². The summed E-state index contributed by atoms with van der Waals surface area (Å²) in [6.07, 6.45) is 0. The van der Waals surface area contributed by atoms with E-state index in [1.54, 1.807) is 0 Å². The molecule has 2 nitrogen and oxygen atoms in total. The maximum Gasteiger partial charge on any atom is 0.0320 e. The van der Waals surface area contributed by atoms with Crippen LogP contribution in [0, 0.1) is 0 Å². The Kier molecular flexibility index (Phi) is 4.94. The molecule has 0 amide bonds. The van der Waals surface area contributed by atoms with E-state index in [-0.39, 0.29) is 0 Å². The van der Waals surface area contributed by atoms with E-state index in [2.05, 4.69) is 60.7 Å². The molecule has 0 fully saturated rings. The second kappa shape index (κ2) is 7.85. The summed E-state index contributed by atoms with van der Waals surface area (Å²) in [6, 6.07) is 36.9. The van der Waals surface area contributed by atoms with Crippen molar-refractivity contribution in [3.8, 4) is 0 Å². The summed E-state index contributed by atoms with van der Waals surface area (Å²) in [6.45, 7) is 0. The SMILES string of the molecule is Nc1cccc(/C(=C(/c2ccccc2)c2cccc(N)c2)c2ccccc2)c1. The van der Waals surface area contributed by atoms with Crippen molar-refractivity contribution in [2.24, 2.45) is 0 Å². The van der Waals surface area contributed by atoms with Gasteiger partial charge in [0.1, 0.15) is 0 Å². The van der Waals surface area contributed by atoms with Gasteiger partial charge in [0.25, 0.3) is 0 Å². The Bertz CT molecular complexity index is 1020. The van der Waals surface area contributed by atoms with E-state index in [9.17, 15) is 0 Å². The molecule has 2 heteroatoms. The molecule has 0 radical (unpaired) electrons. The summed E-state index contributed by atoms with van der Waals surface area (Å²) < 4.78 is 0. The third-order valence-corrected chi connectivity index (χ3v) is 4.73. The summed E-state index contributed by atoms with van der Waals surface area (Å²) in [5, 5.41) is 0.